The van der Waals surface area contributed by atoms with Crippen LogP contribution in [0.5, 0.6) is 0 Å². The molecule has 0 bridgehead atoms. The van der Waals surface area contributed by atoms with E-state index in [0.717, 1.165) is 38.6 Å². The van der Waals surface area contributed by atoms with Gasteiger partial charge < -0.3 is 5.11 Å². The van der Waals surface area contributed by atoms with Crippen molar-refractivity contribution in [3.8, 4) is 0 Å². The molecule has 1 N–H and O–H groups in total. The highest BCUT2D eigenvalue weighted by Gasteiger charge is 2.41. The van der Waals surface area contributed by atoms with Gasteiger partial charge in [-0.05, 0) is 32.2 Å². The molecule has 0 aromatic carbocycles. The van der Waals surface area contributed by atoms with Crippen molar-refractivity contribution < 1.29 is 10.0 Å². The third-order valence-electron chi connectivity index (χ3n) is 4.02. The summed E-state index contributed by atoms with van der Waals surface area (Å²) in [5, 5.41) is 20.3. The minimum Gasteiger partial charge on any atom is -0.395 e. The summed E-state index contributed by atoms with van der Waals surface area (Å²) < 4.78 is 0. The van der Waals surface area contributed by atoms with Crippen LogP contribution in [-0.2, 0) is 0 Å². The lowest BCUT2D eigenvalue weighted by Crippen LogP contribution is -2.51. The van der Waals surface area contributed by atoms with E-state index in [1.54, 1.807) is 0 Å². The van der Waals surface area contributed by atoms with Crippen LogP contribution in [0, 0.1) is 10.1 Å². The van der Waals surface area contributed by atoms with E-state index in [1.807, 2.05) is 0 Å². The van der Waals surface area contributed by atoms with Crippen molar-refractivity contribution >= 4 is 0 Å². The zero-order valence-corrected chi connectivity index (χ0v) is 9.55. The molecule has 0 aromatic rings. The summed E-state index contributed by atoms with van der Waals surface area (Å²) >= 11 is 0. The Bertz CT molecular complexity index is 260. The second-order valence-corrected chi connectivity index (χ2v) is 4.92. The number of aliphatic hydroxyl groups excluding tert-OH is 1. The fraction of sp³-hybridized carbons (Fsp3) is 1.00. The normalized spacial score (nSPS) is 36.4. The van der Waals surface area contributed by atoms with Gasteiger partial charge in [0.25, 0.3) is 0 Å². The molecule has 1 saturated carbocycles. The molecule has 0 spiro atoms. The SMILES string of the molecule is O=[N+]([O-])C1CCCCC1N1CCCC1CO. The molecule has 0 radical (unpaired) electrons. The molecule has 3 atom stereocenters. The Kier molecular flexibility index (Phi) is 3.76. The number of nitrogens with zero attached hydrogens (tertiary/aromatic N) is 2. The fourth-order valence-electron chi connectivity index (χ4n) is 3.22. The van der Waals surface area contributed by atoms with Crippen LogP contribution >= 0.6 is 0 Å². The van der Waals surface area contributed by atoms with Crippen LogP contribution in [0.3, 0.4) is 0 Å². The average Bonchev–Trinajstić information content (AvgIpc) is 2.76. The first-order valence-electron chi connectivity index (χ1n) is 6.24. The summed E-state index contributed by atoms with van der Waals surface area (Å²) in [6.07, 6.45) is 5.72. The fourth-order valence-corrected chi connectivity index (χ4v) is 3.22. The number of hydrogen-bond acceptors (Lipinski definition) is 4. The lowest BCUT2D eigenvalue weighted by molar-refractivity contribution is -0.534. The Morgan fingerprint density at radius 2 is 2.00 bits per heavy atom. The van der Waals surface area contributed by atoms with Gasteiger partial charge in [0, 0.05) is 17.4 Å². The first-order chi connectivity index (χ1) is 7.74. The predicted octanol–water partition coefficient (Wildman–Crippen LogP) is 1.03. The molecule has 16 heavy (non-hydrogen) atoms. The van der Waals surface area contributed by atoms with Crippen LogP contribution in [0.2, 0.25) is 0 Å². The van der Waals surface area contributed by atoms with E-state index in [4.69, 9.17) is 0 Å². The van der Waals surface area contributed by atoms with E-state index in [1.165, 1.54) is 0 Å². The quantitative estimate of drug-likeness (QED) is 0.578. The molecule has 1 aliphatic carbocycles. The standard InChI is InChI=1S/C11H20N2O3/c14-8-9-4-3-7-12(9)10-5-1-2-6-11(10)13(15)16/h9-11,14H,1-8H2. The van der Waals surface area contributed by atoms with Crippen LogP contribution < -0.4 is 0 Å². The topological polar surface area (TPSA) is 66.6 Å². The largest absolute Gasteiger partial charge is 0.395 e. The van der Waals surface area contributed by atoms with Crippen molar-refractivity contribution in [2.45, 2.75) is 56.7 Å². The molecule has 0 amide bonds. The lowest BCUT2D eigenvalue weighted by atomic mass is 9.89. The van der Waals surface area contributed by atoms with Gasteiger partial charge in [0.05, 0.1) is 12.6 Å². The molecule has 5 heteroatoms. The summed E-state index contributed by atoms with van der Waals surface area (Å²) in [4.78, 5) is 13.1. The Labute approximate surface area is 95.6 Å². The molecule has 92 valence electrons. The van der Waals surface area contributed by atoms with E-state index < -0.39 is 6.04 Å². The number of aliphatic hydroxyl groups is 1. The van der Waals surface area contributed by atoms with E-state index in [9.17, 15) is 15.2 Å². The van der Waals surface area contributed by atoms with Gasteiger partial charge in [-0.25, -0.2) is 0 Å². The zero-order valence-electron chi connectivity index (χ0n) is 9.55. The smallest absolute Gasteiger partial charge is 0.228 e. The van der Waals surface area contributed by atoms with Crippen LogP contribution in [-0.4, -0.2) is 46.2 Å². The van der Waals surface area contributed by atoms with Gasteiger partial charge in [-0.3, -0.25) is 15.0 Å². The summed E-state index contributed by atoms with van der Waals surface area (Å²) in [6, 6.07) is -0.199. The highest BCUT2D eigenvalue weighted by Crippen LogP contribution is 2.30. The van der Waals surface area contributed by atoms with Gasteiger partial charge in [-0.15, -0.1) is 0 Å². The van der Waals surface area contributed by atoms with Gasteiger partial charge in [0.1, 0.15) is 0 Å². The third kappa shape index (κ3) is 2.20. The van der Waals surface area contributed by atoms with Crippen molar-refractivity contribution in [1.29, 1.82) is 0 Å². The molecule has 1 aliphatic heterocycles. The van der Waals surface area contributed by atoms with Gasteiger partial charge in [0.2, 0.25) is 6.04 Å². The summed E-state index contributed by atoms with van der Waals surface area (Å²) in [6.45, 7) is 1.06. The van der Waals surface area contributed by atoms with Gasteiger partial charge >= 0.3 is 0 Å². The number of hydrogen-bond donors (Lipinski definition) is 1. The summed E-state index contributed by atoms with van der Waals surface area (Å²) in [5.74, 6) is 0. The number of nitro groups is 1. The van der Waals surface area contributed by atoms with Crippen LogP contribution in [0.25, 0.3) is 0 Å². The van der Waals surface area contributed by atoms with Crippen molar-refractivity contribution in [3.63, 3.8) is 0 Å². The van der Waals surface area contributed by atoms with Crippen LogP contribution in [0.1, 0.15) is 38.5 Å². The summed E-state index contributed by atoms with van der Waals surface area (Å²) in [5.41, 5.74) is 0. The molecule has 0 aromatic heterocycles. The second-order valence-electron chi connectivity index (χ2n) is 4.92. The minimum absolute atomic E-state index is 0.0587. The molecule has 2 fully saturated rings. The van der Waals surface area contributed by atoms with Crippen LogP contribution in [0.4, 0.5) is 0 Å². The van der Waals surface area contributed by atoms with Gasteiger partial charge in [0.15, 0.2) is 0 Å². The third-order valence-corrected chi connectivity index (χ3v) is 4.02. The maximum Gasteiger partial charge on any atom is 0.228 e. The molecule has 3 unspecified atom stereocenters. The van der Waals surface area contributed by atoms with Gasteiger partial charge in [-0.2, -0.15) is 0 Å². The van der Waals surface area contributed by atoms with Crippen molar-refractivity contribution in [2.75, 3.05) is 13.2 Å². The van der Waals surface area contributed by atoms with Crippen molar-refractivity contribution in [1.82, 2.24) is 4.90 Å². The minimum atomic E-state index is -0.416. The van der Waals surface area contributed by atoms with Gasteiger partial charge in [-0.1, -0.05) is 6.42 Å². The molecular weight excluding hydrogens is 208 g/mol. The Balaban J connectivity index is 2.07. The zero-order chi connectivity index (χ0) is 11.5. The molecule has 1 saturated heterocycles. The molecule has 2 aliphatic rings. The Morgan fingerprint density at radius 1 is 1.25 bits per heavy atom. The maximum atomic E-state index is 11.0. The van der Waals surface area contributed by atoms with E-state index in [0.29, 0.717) is 6.42 Å². The molecule has 5 nitrogen and oxygen atoms in total. The highest BCUT2D eigenvalue weighted by atomic mass is 16.6. The monoisotopic (exact) mass is 228 g/mol. The Hall–Kier alpha value is -0.680. The molecular formula is C11H20N2O3. The Morgan fingerprint density at radius 3 is 2.69 bits per heavy atom. The van der Waals surface area contributed by atoms with Crippen molar-refractivity contribution in [2.24, 2.45) is 0 Å². The molecule has 1 heterocycles. The first kappa shape index (κ1) is 11.8. The highest BCUT2D eigenvalue weighted by molar-refractivity contribution is 4.90. The van der Waals surface area contributed by atoms with E-state index in [2.05, 4.69) is 4.90 Å². The van der Waals surface area contributed by atoms with Crippen molar-refractivity contribution in [3.05, 3.63) is 10.1 Å². The van der Waals surface area contributed by atoms with E-state index >= 15 is 0 Å². The maximum absolute atomic E-state index is 11.0. The number of likely N-dealkylation sites (tertiary alicyclic amines) is 1. The summed E-state index contributed by atoms with van der Waals surface area (Å²) in [7, 11) is 0. The predicted molar refractivity (Wildman–Crippen MR) is 59.9 cm³/mol. The second kappa shape index (κ2) is 5.10. The van der Waals surface area contributed by atoms with E-state index in [-0.39, 0.29) is 23.6 Å². The first-order valence-corrected chi connectivity index (χ1v) is 6.24. The van der Waals surface area contributed by atoms with Crippen LogP contribution in [0.15, 0.2) is 0 Å². The lowest BCUT2D eigenvalue weighted by Gasteiger charge is -2.36. The molecule has 2 rings (SSSR count). The average molecular weight is 228 g/mol. The number of rotatable bonds is 3.